The maximum atomic E-state index is 11.8. The second kappa shape index (κ2) is 4.55. The van der Waals surface area contributed by atoms with Crippen LogP contribution in [0.25, 0.3) is 0 Å². The number of hydrogen-bond donors (Lipinski definition) is 3. The quantitative estimate of drug-likeness (QED) is 0.633. The van der Waals surface area contributed by atoms with Crippen molar-refractivity contribution in [3.63, 3.8) is 0 Å². The van der Waals surface area contributed by atoms with Gasteiger partial charge in [-0.3, -0.25) is 4.79 Å². The molecule has 0 aromatic carbocycles. The van der Waals surface area contributed by atoms with Crippen LogP contribution in [-0.2, 0) is 14.3 Å². The van der Waals surface area contributed by atoms with Crippen LogP contribution >= 0.6 is 0 Å². The lowest BCUT2D eigenvalue weighted by Crippen LogP contribution is -2.36. The molecule has 19 heavy (non-hydrogen) atoms. The van der Waals surface area contributed by atoms with Gasteiger partial charge in [0.2, 0.25) is 0 Å². The average molecular weight is 264 g/mol. The number of carbonyl (C=O) groups excluding carboxylic acids is 1. The number of ether oxygens (including phenoxy) is 1. The number of carboxylic acids is 1. The zero-order valence-electron chi connectivity index (χ0n) is 10.8. The predicted octanol–water partition coefficient (Wildman–Crippen LogP) is 0.279. The van der Waals surface area contributed by atoms with Gasteiger partial charge in [-0.1, -0.05) is 12.2 Å². The Morgan fingerprint density at radius 2 is 2.26 bits per heavy atom. The zero-order chi connectivity index (χ0) is 14.2. The van der Waals surface area contributed by atoms with E-state index in [4.69, 9.17) is 10.5 Å². The van der Waals surface area contributed by atoms with Gasteiger partial charge in [0.1, 0.15) is 11.6 Å². The van der Waals surface area contributed by atoms with Crippen molar-refractivity contribution in [2.45, 2.75) is 20.0 Å². The van der Waals surface area contributed by atoms with Crippen molar-refractivity contribution in [3.8, 4) is 0 Å². The SMILES string of the molecule is CCOC(=O)C1=C2C=CC(C)(C(=O)O)C=C2NC1N. The fourth-order valence-corrected chi connectivity index (χ4v) is 2.11. The van der Waals surface area contributed by atoms with E-state index in [-0.39, 0.29) is 6.61 Å². The molecule has 0 aromatic rings. The molecule has 0 amide bonds. The number of aliphatic carboxylic acids is 1. The van der Waals surface area contributed by atoms with E-state index in [2.05, 4.69) is 5.32 Å². The number of hydrogen-bond acceptors (Lipinski definition) is 5. The van der Waals surface area contributed by atoms with Gasteiger partial charge in [0, 0.05) is 11.3 Å². The lowest BCUT2D eigenvalue weighted by molar-refractivity contribution is -0.143. The normalized spacial score (nSPS) is 28.6. The van der Waals surface area contributed by atoms with Crippen LogP contribution in [0.2, 0.25) is 0 Å². The van der Waals surface area contributed by atoms with E-state index in [1.807, 2.05) is 0 Å². The molecule has 2 rings (SSSR count). The molecule has 0 bridgehead atoms. The molecule has 0 spiro atoms. The van der Waals surface area contributed by atoms with E-state index in [9.17, 15) is 14.7 Å². The Kier molecular flexibility index (Phi) is 3.20. The van der Waals surface area contributed by atoms with Gasteiger partial charge in [-0.05, 0) is 19.9 Å². The van der Waals surface area contributed by atoms with E-state index in [0.717, 1.165) is 0 Å². The van der Waals surface area contributed by atoms with Gasteiger partial charge in [0.15, 0.2) is 0 Å². The Morgan fingerprint density at radius 3 is 2.84 bits per heavy atom. The lowest BCUT2D eigenvalue weighted by atomic mass is 9.83. The standard InChI is InChI=1S/C13H16N2O4/c1-3-19-11(16)9-7-4-5-13(2,12(17)18)6-8(7)15-10(9)14/h4-6,10,15H,3,14H2,1-2H3,(H,17,18). The Balaban J connectivity index is 2.42. The highest BCUT2D eigenvalue weighted by Crippen LogP contribution is 2.35. The third-order valence-electron chi connectivity index (χ3n) is 3.20. The van der Waals surface area contributed by atoms with Crippen molar-refractivity contribution in [1.82, 2.24) is 5.32 Å². The van der Waals surface area contributed by atoms with Gasteiger partial charge < -0.3 is 20.9 Å². The number of allylic oxidation sites excluding steroid dienone is 1. The molecular formula is C13H16N2O4. The largest absolute Gasteiger partial charge is 0.480 e. The van der Waals surface area contributed by atoms with Crippen LogP contribution in [0.15, 0.2) is 35.1 Å². The summed E-state index contributed by atoms with van der Waals surface area (Å²) in [7, 11) is 0. The van der Waals surface area contributed by atoms with E-state index in [0.29, 0.717) is 16.8 Å². The third kappa shape index (κ3) is 2.15. The number of carboxylic acid groups (broad SMARTS) is 1. The summed E-state index contributed by atoms with van der Waals surface area (Å²) in [4.78, 5) is 23.0. The van der Waals surface area contributed by atoms with Crippen LogP contribution < -0.4 is 11.1 Å². The number of rotatable bonds is 3. The maximum absolute atomic E-state index is 11.8. The molecule has 4 N–H and O–H groups in total. The van der Waals surface area contributed by atoms with Crippen molar-refractivity contribution < 1.29 is 19.4 Å². The van der Waals surface area contributed by atoms with Gasteiger partial charge >= 0.3 is 11.9 Å². The molecule has 1 heterocycles. The molecular weight excluding hydrogens is 248 g/mol. The van der Waals surface area contributed by atoms with E-state index in [1.54, 1.807) is 26.0 Å². The van der Waals surface area contributed by atoms with E-state index in [1.165, 1.54) is 6.08 Å². The Morgan fingerprint density at radius 1 is 1.58 bits per heavy atom. The molecule has 0 aromatic heterocycles. The molecule has 2 aliphatic rings. The van der Waals surface area contributed by atoms with Gasteiger partial charge in [-0.25, -0.2) is 4.79 Å². The molecule has 0 saturated carbocycles. The summed E-state index contributed by atoms with van der Waals surface area (Å²) in [6.45, 7) is 3.55. The summed E-state index contributed by atoms with van der Waals surface area (Å²) in [5.74, 6) is -1.44. The molecule has 2 atom stereocenters. The number of nitrogens with one attached hydrogen (secondary N) is 1. The number of esters is 1. The first-order valence-electron chi connectivity index (χ1n) is 5.98. The zero-order valence-corrected chi connectivity index (χ0v) is 10.8. The van der Waals surface area contributed by atoms with Crippen molar-refractivity contribution in [3.05, 3.63) is 35.1 Å². The van der Waals surface area contributed by atoms with Gasteiger partial charge in [-0.2, -0.15) is 0 Å². The highest BCUT2D eigenvalue weighted by atomic mass is 16.5. The molecule has 0 radical (unpaired) electrons. The third-order valence-corrected chi connectivity index (χ3v) is 3.20. The van der Waals surface area contributed by atoms with Gasteiger partial charge in [0.25, 0.3) is 0 Å². The molecule has 6 heteroatoms. The number of nitrogens with two attached hydrogens (primary N) is 1. The summed E-state index contributed by atoms with van der Waals surface area (Å²) < 4.78 is 4.95. The van der Waals surface area contributed by atoms with Crippen molar-refractivity contribution in [2.75, 3.05) is 6.61 Å². The molecule has 102 valence electrons. The van der Waals surface area contributed by atoms with E-state index < -0.39 is 23.5 Å². The second-order valence-electron chi connectivity index (χ2n) is 4.65. The summed E-state index contributed by atoms with van der Waals surface area (Å²) in [6.07, 6.45) is 4.01. The predicted molar refractivity (Wildman–Crippen MR) is 67.7 cm³/mol. The molecule has 0 saturated heterocycles. The number of carbonyl (C=O) groups is 2. The second-order valence-corrected chi connectivity index (χ2v) is 4.65. The fraction of sp³-hybridized carbons (Fsp3) is 0.385. The molecule has 0 fully saturated rings. The Bertz CT molecular complexity index is 533. The number of fused-ring (bicyclic) bond motifs is 1. The van der Waals surface area contributed by atoms with E-state index >= 15 is 0 Å². The minimum absolute atomic E-state index is 0.262. The highest BCUT2D eigenvalue weighted by Gasteiger charge is 2.38. The van der Waals surface area contributed by atoms with Crippen LogP contribution in [0, 0.1) is 5.41 Å². The van der Waals surface area contributed by atoms with Gasteiger partial charge in [-0.15, -0.1) is 0 Å². The lowest BCUT2D eigenvalue weighted by Gasteiger charge is -2.21. The van der Waals surface area contributed by atoms with Crippen LogP contribution in [0.1, 0.15) is 13.8 Å². The van der Waals surface area contributed by atoms with Crippen LogP contribution in [-0.4, -0.2) is 29.8 Å². The summed E-state index contributed by atoms with van der Waals surface area (Å²) in [5, 5.41) is 12.1. The first-order chi connectivity index (χ1) is 8.89. The Labute approximate surface area is 110 Å². The van der Waals surface area contributed by atoms with Crippen LogP contribution in [0.5, 0.6) is 0 Å². The summed E-state index contributed by atoms with van der Waals surface area (Å²) in [6, 6.07) is 0. The summed E-state index contributed by atoms with van der Waals surface area (Å²) in [5.41, 5.74) is 6.23. The van der Waals surface area contributed by atoms with Crippen molar-refractivity contribution in [2.24, 2.45) is 11.1 Å². The molecule has 1 aliphatic carbocycles. The smallest absolute Gasteiger partial charge is 0.338 e. The highest BCUT2D eigenvalue weighted by molar-refractivity contribution is 5.94. The fourth-order valence-electron chi connectivity index (χ4n) is 2.11. The van der Waals surface area contributed by atoms with Crippen LogP contribution in [0.4, 0.5) is 0 Å². The minimum atomic E-state index is -1.10. The first-order valence-corrected chi connectivity index (χ1v) is 5.98. The summed E-state index contributed by atoms with van der Waals surface area (Å²) >= 11 is 0. The van der Waals surface area contributed by atoms with Gasteiger partial charge in [0.05, 0.1) is 12.2 Å². The average Bonchev–Trinajstić information content (AvgIpc) is 2.64. The molecule has 1 aliphatic heterocycles. The van der Waals surface area contributed by atoms with Crippen LogP contribution in [0.3, 0.4) is 0 Å². The molecule has 6 nitrogen and oxygen atoms in total. The molecule has 2 unspecified atom stereocenters. The monoisotopic (exact) mass is 264 g/mol. The maximum Gasteiger partial charge on any atom is 0.338 e. The van der Waals surface area contributed by atoms with Crippen molar-refractivity contribution in [1.29, 1.82) is 0 Å². The Hall–Kier alpha value is -2.08. The first kappa shape index (κ1) is 13.4. The topological polar surface area (TPSA) is 102 Å². The minimum Gasteiger partial charge on any atom is -0.480 e. The van der Waals surface area contributed by atoms with Crippen molar-refractivity contribution >= 4 is 11.9 Å².